The van der Waals surface area contributed by atoms with E-state index in [9.17, 15) is 4.79 Å². The third kappa shape index (κ3) is 1.63. The van der Waals surface area contributed by atoms with E-state index in [0.29, 0.717) is 5.69 Å². The van der Waals surface area contributed by atoms with Crippen LogP contribution in [0.25, 0.3) is 22.2 Å². The fraction of sp³-hybridized carbons (Fsp3) is 0.200. The number of carbonyl (C=O) groups is 1. The zero-order valence-corrected chi connectivity index (χ0v) is 11.6. The van der Waals surface area contributed by atoms with Gasteiger partial charge in [0.15, 0.2) is 0 Å². The maximum Gasteiger partial charge on any atom is 0.353 e. The molecule has 0 fully saturated rings. The van der Waals surface area contributed by atoms with Crippen LogP contribution in [0.1, 0.15) is 21.7 Å². The minimum Gasteiger partial charge on any atom is -0.477 e. The van der Waals surface area contributed by atoms with Crippen molar-refractivity contribution in [3.05, 3.63) is 41.2 Å². The quantitative estimate of drug-likeness (QED) is 0.751. The van der Waals surface area contributed by atoms with Crippen LogP contribution in [-0.4, -0.2) is 25.8 Å². The first-order chi connectivity index (χ1) is 9.50. The number of fused-ring (bicyclic) bond motifs is 1. The molecule has 5 nitrogen and oxygen atoms in total. The smallest absolute Gasteiger partial charge is 0.353 e. The number of nitrogens with zero attached hydrogens (tertiary/aromatic N) is 2. The van der Waals surface area contributed by atoms with Gasteiger partial charge in [0.1, 0.15) is 5.69 Å². The number of benzene rings is 1. The number of hydrogen-bond donors (Lipinski definition) is 2. The van der Waals surface area contributed by atoms with Crippen molar-refractivity contribution in [1.82, 2.24) is 14.8 Å². The molecule has 102 valence electrons. The minimum absolute atomic E-state index is 0.102. The molecule has 2 heterocycles. The molecule has 0 amide bonds. The number of H-pyrrole nitrogens is 1. The van der Waals surface area contributed by atoms with Crippen LogP contribution >= 0.6 is 0 Å². The Balaban J connectivity index is 2.35. The lowest BCUT2D eigenvalue weighted by Crippen LogP contribution is -1.95. The van der Waals surface area contributed by atoms with Crippen molar-refractivity contribution in [1.29, 1.82) is 0 Å². The molecule has 2 N–H and O–H groups in total. The van der Waals surface area contributed by atoms with Gasteiger partial charge in [-0.05, 0) is 31.5 Å². The highest BCUT2D eigenvalue weighted by atomic mass is 16.4. The minimum atomic E-state index is -1.00. The van der Waals surface area contributed by atoms with Crippen molar-refractivity contribution >= 4 is 16.9 Å². The molecule has 0 bridgehead atoms. The first-order valence-electron chi connectivity index (χ1n) is 6.34. The maximum absolute atomic E-state index is 11.0. The molecule has 0 radical (unpaired) electrons. The molecule has 3 aromatic rings. The van der Waals surface area contributed by atoms with Gasteiger partial charge in [-0.15, -0.1) is 0 Å². The SMILES string of the molecule is Cc1cccc2c1c(-c1cc(C(=O)O)[nH]n1)c(C)n2C. The molecule has 1 aromatic carbocycles. The van der Waals surface area contributed by atoms with E-state index in [1.54, 1.807) is 6.07 Å². The summed E-state index contributed by atoms with van der Waals surface area (Å²) in [6.07, 6.45) is 0. The van der Waals surface area contributed by atoms with Crippen molar-refractivity contribution in [2.75, 3.05) is 0 Å². The summed E-state index contributed by atoms with van der Waals surface area (Å²) in [5.74, 6) is -1.00. The molecule has 2 aromatic heterocycles. The number of aromatic nitrogens is 3. The standard InChI is InChI=1S/C15H15N3O2/c1-8-5-4-6-12-13(8)14(9(2)18(12)3)10-7-11(15(19)20)17-16-10/h4-7H,1-3H3,(H,16,17)(H,19,20). The van der Waals surface area contributed by atoms with Crippen LogP contribution in [0, 0.1) is 13.8 Å². The van der Waals surface area contributed by atoms with E-state index in [0.717, 1.165) is 27.7 Å². The summed E-state index contributed by atoms with van der Waals surface area (Å²) in [6.45, 7) is 4.07. The monoisotopic (exact) mass is 269 g/mol. The molecule has 0 unspecified atom stereocenters. The first-order valence-corrected chi connectivity index (χ1v) is 6.34. The van der Waals surface area contributed by atoms with Gasteiger partial charge < -0.3 is 9.67 Å². The van der Waals surface area contributed by atoms with E-state index in [-0.39, 0.29) is 5.69 Å². The number of aromatic carboxylic acids is 1. The van der Waals surface area contributed by atoms with Crippen LogP contribution < -0.4 is 0 Å². The highest BCUT2D eigenvalue weighted by molar-refractivity contribution is 6.00. The number of nitrogens with one attached hydrogen (secondary N) is 1. The Hall–Kier alpha value is -2.56. The molecule has 5 heteroatoms. The van der Waals surface area contributed by atoms with Crippen LogP contribution in [0.3, 0.4) is 0 Å². The number of carboxylic acid groups (broad SMARTS) is 1. The molecule has 20 heavy (non-hydrogen) atoms. The largest absolute Gasteiger partial charge is 0.477 e. The average molecular weight is 269 g/mol. The van der Waals surface area contributed by atoms with Crippen LogP contribution in [0.4, 0.5) is 0 Å². The van der Waals surface area contributed by atoms with Crippen LogP contribution in [0.15, 0.2) is 24.3 Å². The number of carboxylic acids is 1. The summed E-state index contributed by atoms with van der Waals surface area (Å²) in [5.41, 5.74) is 5.10. The van der Waals surface area contributed by atoms with Gasteiger partial charge in [0.25, 0.3) is 0 Å². The van der Waals surface area contributed by atoms with Crippen LogP contribution in [0.5, 0.6) is 0 Å². The van der Waals surface area contributed by atoms with E-state index in [4.69, 9.17) is 5.11 Å². The van der Waals surface area contributed by atoms with Gasteiger partial charge in [-0.3, -0.25) is 5.10 Å². The van der Waals surface area contributed by atoms with Crippen molar-refractivity contribution in [2.24, 2.45) is 7.05 Å². The van der Waals surface area contributed by atoms with Gasteiger partial charge >= 0.3 is 5.97 Å². The van der Waals surface area contributed by atoms with Gasteiger partial charge in [0.05, 0.1) is 5.69 Å². The zero-order chi connectivity index (χ0) is 14.4. The molecule has 3 rings (SSSR count). The maximum atomic E-state index is 11.0. The number of rotatable bonds is 2. The third-order valence-electron chi connectivity index (χ3n) is 3.79. The van der Waals surface area contributed by atoms with Crippen molar-refractivity contribution in [3.63, 3.8) is 0 Å². The molecule has 0 aliphatic carbocycles. The molecular formula is C15H15N3O2. The topological polar surface area (TPSA) is 70.9 Å². The Bertz CT molecular complexity index is 827. The van der Waals surface area contributed by atoms with Gasteiger partial charge in [0, 0.05) is 29.2 Å². The average Bonchev–Trinajstić information content (AvgIpc) is 2.97. The Kier molecular flexibility index (Phi) is 2.64. The molecular weight excluding hydrogens is 254 g/mol. The molecule has 0 atom stereocenters. The predicted octanol–water partition coefficient (Wildman–Crippen LogP) is 2.88. The second-order valence-corrected chi connectivity index (χ2v) is 4.96. The van der Waals surface area contributed by atoms with Crippen LogP contribution in [-0.2, 0) is 7.05 Å². The van der Waals surface area contributed by atoms with Gasteiger partial charge in [0.2, 0.25) is 0 Å². The Morgan fingerprint density at radius 2 is 2.10 bits per heavy atom. The fourth-order valence-corrected chi connectivity index (χ4v) is 2.66. The molecule has 0 aliphatic heterocycles. The normalized spacial score (nSPS) is 11.2. The van der Waals surface area contributed by atoms with Gasteiger partial charge in [-0.25, -0.2) is 4.79 Å². The van der Waals surface area contributed by atoms with Crippen molar-refractivity contribution < 1.29 is 9.90 Å². The first kappa shape index (κ1) is 12.5. The summed E-state index contributed by atoms with van der Waals surface area (Å²) < 4.78 is 2.10. The second-order valence-electron chi connectivity index (χ2n) is 4.96. The summed E-state index contributed by atoms with van der Waals surface area (Å²) in [4.78, 5) is 11.0. The summed E-state index contributed by atoms with van der Waals surface area (Å²) in [7, 11) is 2.01. The summed E-state index contributed by atoms with van der Waals surface area (Å²) >= 11 is 0. The highest BCUT2D eigenvalue weighted by Crippen LogP contribution is 2.35. The van der Waals surface area contributed by atoms with E-state index >= 15 is 0 Å². The van der Waals surface area contributed by atoms with E-state index in [1.807, 2.05) is 20.0 Å². The van der Waals surface area contributed by atoms with Crippen molar-refractivity contribution in [2.45, 2.75) is 13.8 Å². The molecule has 0 aliphatic rings. The molecule has 0 saturated carbocycles. The van der Waals surface area contributed by atoms with Crippen LogP contribution in [0.2, 0.25) is 0 Å². The summed E-state index contributed by atoms with van der Waals surface area (Å²) in [6, 6.07) is 7.71. The molecule has 0 spiro atoms. The zero-order valence-electron chi connectivity index (χ0n) is 11.6. The van der Waals surface area contributed by atoms with E-state index in [1.165, 1.54) is 0 Å². The predicted molar refractivity (Wildman–Crippen MR) is 76.9 cm³/mol. The highest BCUT2D eigenvalue weighted by Gasteiger charge is 2.18. The number of aromatic amines is 1. The van der Waals surface area contributed by atoms with E-state index in [2.05, 4.69) is 33.8 Å². The molecule has 0 saturated heterocycles. The fourth-order valence-electron chi connectivity index (χ4n) is 2.66. The van der Waals surface area contributed by atoms with Gasteiger partial charge in [-0.2, -0.15) is 5.10 Å². The Labute approximate surface area is 115 Å². The van der Waals surface area contributed by atoms with Crippen molar-refractivity contribution in [3.8, 4) is 11.3 Å². The number of hydrogen-bond acceptors (Lipinski definition) is 2. The number of aryl methyl sites for hydroxylation is 2. The second kappa shape index (κ2) is 4.23. The Morgan fingerprint density at radius 1 is 1.35 bits per heavy atom. The summed E-state index contributed by atoms with van der Waals surface area (Å²) in [5, 5.41) is 16.9. The lowest BCUT2D eigenvalue weighted by molar-refractivity contribution is 0.0690. The third-order valence-corrected chi connectivity index (χ3v) is 3.79. The lowest BCUT2D eigenvalue weighted by atomic mass is 10.0. The lowest BCUT2D eigenvalue weighted by Gasteiger charge is -1.99. The van der Waals surface area contributed by atoms with E-state index < -0.39 is 5.97 Å². The Morgan fingerprint density at radius 3 is 2.75 bits per heavy atom. The van der Waals surface area contributed by atoms with Gasteiger partial charge in [-0.1, -0.05) is 12.1 Å².